The lowest BCUT2D eigenvalue weighted by Gasteiger charge is -2.36. The van der Waals surface area contributed by atoms with E-state index < -0.39 is 0 Å². The van der Waals surface area contributed by atoms with Crippen molar-refractivity contribution in [1.29, 1.82) is 0 Å². The van der Waals surface area contributed by atoms with Crippen LogP contribution < -0.4 is 4.90 Å². The second-order valence-electron chi connectivity index (χ2n) is 7.55. The minimum absolute atomic E-state index is 0.727. The quantitative estimate of drug-likeness (QED) is 0.599. The molecule has 0 saturated carbocycles. The van der Waals surface area contributed by atoms with Crippen molar-refractivity contribution in [2.24, 2.45) is 0 Å². The normalized spacial score (nSPS) is 15.1. The summed E-state index contributed by atoms with van der Waals surface area (Å²) in [7, 11) is 0. The van der Waals surface area contributed by atoms with Crippen LogP contribution in [0.5, 0.6) is 0 Å². The second-order valence-corrected chi connectivity index (χ2v) is 7.92. The Bertz CT molecular complexity index is 1030. The lowest BCUT2D eigenvalue weighted by Crippen LogP contribution is -2.47. The predicted octanol–water partition coefficient (Wildman–Crippen LogP) is 3.89. The van der Waals surface area contributed by atoms with Crippen molar-refractivity contribution < 1.29 is 0 Å². The van der Waals surface area contributed by atoms with Crippen LogP contribution in [0.1, 0.15) is 18.1 Å². The first-order chi connectivity index (χ1) is 14.1. The molecule has 7 heteroatoms. The molecule has 0 bridgehead atoms. The highest BCUT2D eigenvalue weighted by Crippen LogP contribution is 2.24. The Balaban J connectivity index is 1.48. The monoisotopic (exact) mass is 408 g/mol. The molecule has 6 nitrogen and oxygen atoms in total. The third-order valence-electron chi connectivity index (χ3n) is 5.80. The van der Waals surface area contributed by atoms with E-state index in [1.165, 1.54) is 16.8 Å². The van der Waals surface area contributed by atoms with E-state index in [-0.39, 0.29) is 0 Å². The zero-order valence-corrected chi connectivity index (χ0v) is 18.2. The summed E-state index contributed by atoms with van der Waals surface area (Å²) in [6.45, 7) is 12.1. The van der Waals surface area contributed by atoms with Crippen molar-refractivity contribution in [2.45, 2.75) is 34.0 Å². The Morgan fingerprint density at radius 3 is 2.41 bits per heavy atom. The van der Waals surface area contributed by atoms with Crippen LogP contribution >= 0.6 is 12.2 Å². The molecule has 0 amide bonds. The highest BCUT2D eigenvalue weighted by molar-refractivity contribution is 7.71. The number of rotatable bonds is 5. The molecule has 29 heavy (non-hydrogen) atoms. The largest absolute Gasteiger partial charge is 0.369 e. The molecule has 0 aliphatic carbocycles. The van der Waals surface area contributed by atoms with E-state index in [9.17, 15) is 0 Å². The predicted molar refractivity (Wildman–Crippen MR) is 120 cm³/mol. The highest BCUT2D eigenvalue weighted by atomic mass is 32.1. The van der Waals surface area contributed by atoms with Crippen molar-refractivity contribution in [3.63, 3.8) is 0 Å². The van der Waals surface area contributed by atoms with Crippen LogP contribution in [-0.2, 0) is 13.2 Å². The molecule has 152 valence electrons. The molecule has 0 atom stereocenters. The number of pyridine rings is 1. The van der Waals surface area contributed by atoms with Crippen LogP contribution in [0.15, 0.2) is 42.7 Å². The van der Waals surface area contributed by atoms with Gasteiger partial charge in [-0.25, -0.2) is 4.68 Å². The summed E-state index contributed by atoms with van der Waals surface area (Å²) in [4.78, 5) is 9.03. The number of aryl methyl sites for hydroxylation is 1. The van der Waals surface area contributed by atoms with E-state index in [4.69, 9.17) is 17.3 Å². The van der Waals surface area contributed by atoms with Gasteiger partial charge in [-0.05, 0) is 62.3 Å². The van der Waals surface area contributed by atoms with Gasteiger partial charge in [-0.2, -0.15) is 5.10 Å². The average molecular weight is 409 g/mol. The Morgan fingerprint density at radius 2 is 1.72 bits per heavy atom. The number of anilines is 1. The molecule has 3 aromatic rings. The molecular weight excluding hydrogens is 380 g/mol. The van der Waals surface area contributed by atoms with Gasteiger partial charge in [-0.1, -0.05) is 12.1 Å². The number of hydrogen-bond acceptors (Lipinski definition) is 5. The van der Waals surface area contributed by atoms with Crippen LogP contribution in [0, 0.1) is 18.6 Å². The zero-order valence-electron chi connectivity index (χ0n) is 17.4. The SMILES string of the molecule is CCn1c(-c2ccncc2)nn(CN2CCN(c3cccc(C)c3C)CC2)c1=S. The molecule has 0 unspecified atom stereocenters. The van der Waals surface area contributed by atoms with Gasteiger partial charge in [-0.3, -0.25) is 9.88 Å². The van der Waals surface area contributed by atoms with E-state index in [0.717, 1.165) is 55.6 Å². The summed E-state index contributed by atoms with van der Waals surface area (Å²) in [6, 6.07) is 10.5. The number of benzene rings is 1. The fourth-order valence-electron chi connectivity index (χ4n) is 3.93. The van der Waals surface area contributed by atoms with Crippen molar-refractivity contribution in [1.82, 2.24) is 24.2 Å². The summed E-state index contributed by atoms with van der Waals surface area (Å²) >= 11 is 5.72. The van der Waals surface area contributed by atoms with Crippen LogP contribution in [0.2, 0.25) is 0 Å². The van der Waals surface area contributed by atoms with E-state index in [1.807, 2.05) is 16.8 Å². The van der Waals surface area contributed by atoms with Gasteiger partial charge in [0.05, 0.1) is 6.67 Å². The number of aromatic nitrogens is 4. The number of hydrogen-bond donors (Lipinski definition) is 0. The van der Waals surface area contributed by atoms with Crippen LogP contribution in [0.25, 0.3) is 11.4 Å². The van der Waals surface area contributed by atoms with Crippen molar-refractivity contribution in [3.8, 4) is 11.4 Å². The molecule has 1 fully saturated rings. The summed E-state index contributed by atoms with van der Waals surface area (Å²) in [6.07, 6.45) is 3.59. The Labute approximate surface area is 177 Å². The first-order valence-electron chi connectivity index (χ1n) is 10.2. The van der Waals surface area contributed by atoms with E-state index >= 15 is 0 Å². The van der Waals surface area contributed by atoms with E-state index in [0.29, 0.717) is 0 Å². The van der Waals surface area contributed by atoms with Gasteiger partial charge in [0.25, 0.3) is 0 Å². The van der Waals surface area contributed by atoms with Gasteiger partial charge in [0.2, 0.25) is 0 Å². The number of piperazine rings is 1. The van der Waals surface area contributed by atoms with E-state index in [2.05, 4.69) is 58.3 Å². The lowest BCUT2D eigenvalue weighted by molar-refractivity contribution is 0.194. The lowest BCUT2D eigenvalue weighted by atomic mass is 10.1. The molecule has 4 rings (SSSR count). The fraction of sp³-hybridized carbons (Fsp3) is 0.409. The summed E-state index contributed by atoms with van der Waals surface area (Å²) < 4.78 is 4.83. The molecule has 2 aromatic heterocycles. The van der Waals surface area contributed by atoms with Gasteiger partial charge in [-0.15, -0.1) is 0 Å². The average Bonchev–Trinajstić information content (AvgIpc) is 3.07. The van der Waals surface area contributed by atoms with Crippen LogP contribution in [0.3, 0.4) is 0 Å². The standard InChI is InChI=1S/C22H28N6S/c1-4-27-21(19-8-10-23-11-9-19)24-28(22(27)29)16-25-12-14-26(15-13-25)20-7-5-6-17(2)18(20)3/h5-11H,4,12-16H2,1-3H3. The smallest absolute Gasteiger partial charge is 0.199 e. The second kappa shape index (κ2) is 8.47. The molecule has 1 aromatic carbocycles. The maximum absolute atomic E-state index is 5.72. The van der Waals surface area contributed by atoms with Gasteiger partial charge >= 0.3 is 0 Å². The van der Waals surface area contributed by atoms with Gasteiger partial charge in [0.1, 0.15) is 0 Å². The first-order valence-corrected chi connectivity index (χ1v) is 10.6. The van der Waals surface area contributed by atoms with Crippen molar-refractivity contribution in [3.05, 3.63) is 58.6 Å². The third kappa shape index (κ3) is 3.97. The van der Waals surface area contributed by atoms with Crippen LogP contribution in [0.4, 0.5) is 5.69 Å². The minimum atomic E-state index is 0.727. The van der Waals surface area contributed by atoms with Gasteiger partial charge < -0.3 is 9.47 Å². The van der Waals surface area contributed by atoms with E-state index in [1.54, 1.807) is 12.4 Å². The third-order valence-corrected chi connectivity index (χ3v) is 6.23. The molecule has 0 radical (unpaired) electrons. The Kier molecular flexibility index (Phi) is 5.78. The molecular formula is C22H28N6S. The maximum Gasteiger partial charge on any atom is 0.199 e. The topological polar surface area (TPSA) is 42.1 Å². The minimum Gasteiger partial charge on any atom is -0.369 e. The molecule has 0 N–H and O–H groups in total. The Hall–Kier alpha value is -2.51. The van der Waals surface area contributed by atoms with Gasteiger partial charge in [0, 0.05) is 56.4 Å². The Morgan fingerprint density at radius 1 is 1.00 bits per heavy atom. The fourth-order valence-corrected chi connectivity index (χ4v) is 4.24. The van der Waals surface area contributed by atoms with Crippen molar-refractivity contribution in [2.75, 3.05) is 31.1 Å². The van der Waals surface area contributed by atoms with Crippen molar-refractivity contribution >= 4 is 17.9 Å². The molecule has 3 heterocycles. The van der Waals surface area contributed by atoms with Gasteiger partial charge in [0.15, 0.2) is 10.6 Å². The zero-order chi connectivity index (χ0) is 20.4. The molecule has 1 saturated heterocycles. The summed E-state index contributed by atoms with van der Waals surface area (Å²) in [5, 5.41) is 4.84. The molecule has 1 aliphatic heterocycles. The first kappa shape index (κ1) is 19.8. The molecule has 0 spiro atoms. The maximum atomic E-state index is 5.72. The van der Waals surface area contributed by atoms with Crippen LogP contribution in [-0.4, -0.2) is 50.4 Å². The number of nitrogens with zero attached hydrogens (tertiary/aromatic N) is 6. The highest BCUT2D eigenvalue weighted by Gasteiger charge is 2.20. The summed E-state index contributed by atoms with van der Waals surface area (Å²) in [5.74, 6) is 0.911. The summed E-state index contributed by atoms with van der Waals surface area (Å²) in [5.41, 5.74) is 5.14. The molecule has 1 aliphatic rings.